The molecular weight excluding hydrogens is 298 g/mol. The van der Waals surface area contributed by atoms with Crippen LogP contribution in [-0.4, -0.2) is 61.3 Å². The van der Waals surface area contributed by atoms with Crippen LogP contribution >= 0.6 is 0 Å². The second kappa shape index (κ2) is 8.73. The molecule has 0 radical (unpaired) electrons. The molecule has 1 saturated carbocycles. The van der Waals surface area contributed by atoms with Crippen molar-refractivity contribution in [2.75, 3.05) is 33.4 Å². The lowest BCUT2D eigenvalue weighted by Gasteiger charge is -2.32. The molecule has 0 aromatic heterocycles. The Morgan fingerprint density at radius 2 is 1.96 bits per heavy atom. The Kier molecular flexibility index (Phi) is 6.66. The maximum atomic E-state index is 12.7. The normalized spacial score (nSPS) is 20.4. The highest BCUT2D eigenvalue weighted by atomic mass is 16.6. The minimum absolute atomic E-state index is 0.168. The number of nitrogens with zero attached hydrogens (tertiary/aromatic N) is 3. The van der Waals surface area contributed by atoms with Crippen LogP contribution in [0, 0.1) is 17.4 Å². The van der Waals surface area contributed by atoms with Gasteiger partial charge in [0.1, 0.15) is 0 Å². The van der Waals surface area contributed by atoms with Gasteiger partial charge in [0.15, 0.2) is 12.3 Å². The van der Waals surface area contributed by atoms with Crippen LogP contribution in [0.15, 0.2) is 0 Å². The molecule has 2 rings (SSSR count). The van der Waals surface area contributed by atoms with Gasteiger partial charge in [-0.2, -0.15) is 5.26 Å². The van der Waals surface area contributed by atoms with Crippen molar-refractivity contribution in [2.24, 2.45) is 5.92 Å². The van der Waals surface area contributed by atoms with Gasteiger partial charge in [0.05, 0.1) is 13.2 Å². The zero-order valence-electron chi connectivity index (χ0n) is 13.7. The quantitative estimate of drug-likeness (QED) is 0.581. The monoisotopic (exact) mass is 323 g/mol. The van der Waals surface area contributed by atoms with Gasteiger partial charge in [-0.25, -0.2) is 9.69 Å². The minimum atomic E-state index is -0.806. The highest BCUT2D eigenvalue weighted by Crippen LogP contribution is 2.28. The van der Waals surface area contributed by atoms with Crippen LogP contribution in [0.4, 0.5) is 4.79 Å². The predicted octanol–water partition coefficient (Wildman–Crippen LogP) is 1.73. The van der Waals surface area contributed by atoms with Gasteiger partial charge in [-0.3, -0.25) is 4.79 Å². The molecular formula is C16H25N3O4. The van der Waals surface area contributed by atoms with Crippen LogP contribution in [0.1, 0.15) is 38.5 Å². The van der Waals surface area contributed by atoms with E-state index in [0.717, 1.165) is 30.6 Å². The molecule has 7 nitrogen and oxygen atoms in total. The third-order valence-corrected chi connectivity index (χ3v) is 4.54. The van der Waals surface area contributed by atoms with Crippen molar-refractivity contribution in [3.8, 4) is 6.19 Å². The predicted molar refractivity (Wildman–Crippen MR) is 82.2 cm³/mol. The van der Waals surface area contributed by atoms with Gasteiger partial charge in [-0.05, 0) is 12.3 Å². The number of hydrogen-bond donors (Lipinski definition) is 0. The van der Waals surface area contributed by atoms with E-state index in [1.165, 1.54) is 13.5 Å². The van der Waals surface area contributed by atoms with E-state index in [9.17, 15) is 9.59 Å². The molecule has 1 heterocycles. The Morgan fingerprint density at radius 3 is 2.57 bits per heavy atom. The lowest BCUT2D eigenvalue weighted by molar-refractivity contribution is -0.145. The van der Waals surface area contributed by atoms with Gasteiger partial charge in [-0.1, -0.05) is 32.1 Å². The van der Waals surface area contributed by atoms with Crippen LogP contribution in [0.2, 0.25) is 0 Å². The van der Waals surface area contributed by atoms with Gasteiger partial charge in [0, 0.05) is 20.1 Å². The van der Waals surface area contributed by atoms with Crippen molar-refractivity contribution < 1.29 is 19.1 Å². The number of rotatable bonds is 4. The molecule has 1 atom stereocenters. The van der Waals surface area contributed by atoms with Crippen LogP contribution in [-0.2, 0) is 14.3 Å². The summed E-state index contributed by atoms with van der Waals surface area (Å²) in [7, 11) is 1.33. The van der Waals surface area contributed by atoms with E-state index in [-0.39, 0.29) is 5.91 Å². The van der Waals surface area contributed by atoms with Crippen molar-refractivity contribution in [3.05, 3.63) is 0 Å². The zero-order chi connectivity index (χ0) is 16.7. The van der Waals surface area contributed by atoms with Crippen LogP contribution < -0.4 is 0 Å². The van der Waals surface area contributed by atoms with Crippen molar-refractivity contribution >= 4 is 12.0 Å². The fourth-order valence-corrected chi connectivity index (χ4v) is 3.15. The summed E-state index contributed by atoms with van der Waals surface area (Å²) in [6.07, 6.45) is 6.37. The fraction of sp³-hybridized carbons (Fsp3) is 0.812. The summed E-state index contributed by atoms with van der Waals surface area (Å²) < 4.78 is 10.6. The molecule has 128 valence electrons. The Bertz CT molecular complexity index is 451. The first-order valence-corrected chi connectivity index (χ1v) is 8.32. The minimum Gasteiger partial charge on any atom is -0.435 e. The fourth-order valence-electron chi connectivity index (χ4n) is 3.15. The first kappa shape index (κ1) is 17.5. The van der Waals surface area contributed by atoms with Gasteiger partial charge in [0.2, 0.25) is 0 Å². The third-order valence-electron chi connectivity index (χ3n) is 4.54. The van der Waals surface area contributed by atoms with Crippen molar-refractivity contribution in [2.45, 2.75) is 44.6 Å². The summed E-state index contributed by atoms with van der Waals surface area (Å²) in [4.78, 5) is 27.1. The third kappa shape index (κ3) is 5.10. The molecule has 0 aromatic rings. The summed E-state index contributed by atoms with van der Waals surface area (Å²) in [6, 6.07) is 0. The Morgan fingerprint density at radius 1 is 1.30 bits per heavy atom. The van der Waals surface area contributed by atoms with Gasteiger partial charge in [-0.15, -0.1) is 0 Å². The van der Waals surface area contributed by atoms with E-state index in [1.54, 1.807) is 11.1 Å². The first-order chi connectivity index (χ1) is 11.1. The van der Waals surface area contributed by atoms with Gasteiger partial charge in [0.25, 0.3) is 5.91 Å². The lowest BCUT2D eigenvalue weighted by atomic mass is 9.85. The maximum absolute atomic E-state index is 12.7. The summed E-state index contributed by atoms with van der Waals surface area (Å²) in [6.45, 7) is 2.05. The van der Waals surface area contributed by atoms with Crippen molar-refractivity contribution in [1.82, 2.24) is 9.80 Å². The molecule has 0 unspecified atom stereocenters. The Labute approximate surface area is 137 Å². The molecule has 2 fully saturated rings. The standard InChI is InChI=1S/C16H25N3O4/c1-18(12-17)16(21)23-14(11-13-5-3-2-4-6-13)15(20)19-7-9-22-10-8-19/h13-14H,2-11H2,1H3/t14-/m0/s1. The number of morpholine rings is 1. The molecule has 2 amide bonds. The van der Waals surface area contributed by atoms with Gasteiger partial charge >= 0.3 is 6.09 Å². The van der Waals surface area contributed by atoms with E-state index in [0.29, 0.717) is 38.6 Å². The van der Waals surface area contributed by atoms with Crippen LogP contribution in [0.25, 0.3) is 0 Å². The first-order valence-electron chi connectivity index (χ1n) is 8.32. The highest BCUT2D eigenvalue weighted by Gasteiger charge is 2.32. The number of carbonyl (C=O) groups is 2. The lowest BCUT2D eigenvalue weighted by Crippen LogP contribution is -2.48. The highest BCUT2D eigenvalue weighted by molar-refractivity contribution is 5.83. The maximum Gasteiger partial charge on any atom is 0.423 e. The number of nitriles is 1. The summed E-state index contributed by atoms with van der Waals surface area (Å²) in [5.74, 6) is 0.234. The van der Waals surface area contributed by atoms with E-state index in [4.69, 9.17) is 14.7 Å². The molecule has 2 aliphatic rings. The number of ether oxygens (including phenoxy) is 2. The number of carbonyl (C=O) groups excluding carboxylic acids is 2. The van der Waals surface area contributed by atoms with Gasteiger partial charge < -0.3 is 14.4 Å². The smallest absolute Gasteiger partial charge is 0.423 e. The SMILES string of the molecule is CN(C#N)C(=O)O[C@@H](CC1CCCCC1)C(=O)N1CCOCC1. The van der Waals surface area contributed by atoms with Crippen LogP contribution in [0.3, 0.4) is 0 Å². The molecule has 0 aromatic carbocycles. The average molecular weight is 323 g/mol. The van der Waals surface area contributed by atoms with Crippen molar-refractivity contribution in [1.29, 1.82) is 5.26 Å². The topological polar surface area (TPSA) is 82.9 Å². The molecule has 1 saturated heterocycles. The average Bonchev–Trinajstić information content (AvgIpc) is 2.61. The zero-order valence-corrected chi connectivity index (χ0v) is 13.7. The Balaban J connectivity index is 2.01. The number of amides is 2. The Hall–Kier alpha value is -1.81. The second-order valence-corrected chi connectivity index (χ2v) is 6.21. The molecule has 0 bridgehead atoms. The molecule has 23 heavy (non-hydrogen) atoms. The second-order valence-electron chi connectivity index (χ2n) is 6.21. The summed E-state index contributed by atoms with van der Waals surface area (Å²) >= 11 is 0. The number of hydrogen-bond acceptors (Lipinski definition) is 5. The van der Waals surface area contributed by atoms with E-state index < -0.39 is 12.2 Å². The molecule has 7 heteroatoms. The molecule has 1 aliphatic heterocycles. The summed E-state index contributed by atoms with van der Waals surface area (Å²) in [5.41, 5.74) is 0. The summed E-state index contributed by atoms with van der Waals surface area (Å²) in [5, 5.41) is 8.79. The molecule has 0 N–H and O–H groups in total. The van der Waals surface area contributed by atoms with Crippen LogP contribution in [0.5, 0.6) is 0 Å². The van der Waals surface area contributed by atoms with E-state index in [2.05, 4.69) is 0 Å². The van der Waals surface area contributed by atoms with Crippen molar-refractivity contribution in [3.63, 3.8) is 0 Å². The van der Waals surface area contributed by atoms with E-state index >= 15 is 0 Å². The van der Waals surface area contributed by atoms with E-state index in [1.807, 2.05) is 0 Å². The largest absolute Gasteiger partial charge is 0.435 e. The molecule has 1 aliphatic carbocycles. The molecule has 0 spiro atoms.